The van der Waals surface area contributed by atoms with Crippen molar-refractivity contribution in [3.63, 3.8) is 0 Å². The molecule has 4 heterocycles. The van der Waals surface area contributed by atoms with Crippen LogP contribution in [0.3, 0.4) is 0 Å². The number of aromatic nitrogens is 3. The average molecular weight is 437 g/mol. The van der Waals surface area contributed by atoms with E-state index in [0.717, 1.165) is 30.1 Å². The number of rotatable bonds is 7. The first kappa shape index (κ1) is 19.8. The maximum atomic E-state index is 5.71. The number of hydrogen-bond donors (Lipinski definition) is 2. The van der Waals surface area contributed by atoms with Gasteiger partial charge in [-0.05, 0) is 44.6 Å². The number of hydrazine groups is 1. The van der Waals surface area contributed by atoms with Gasteiger partial charge in [0.05, 0.1) is 12.4 Å². The van der Waals surface area contributed by atoms with Crippen LogP contribution in [0.5, 0.6) is 0 Å². The van der Waals surface area contributed by atoms with Gasteiger partial charge in [0.15, 0.2) is 11.4 Å². The fourth-order valence-corrected chi connectivity index (χ4v) is 6.70. The van der Waals surface area contributed by atoms with Gasteiger partial charge in [0.25, 0.3) is 0 Å². The minimum atomic E-state index is -0.234. The van der Waals surface area contributed by atoms with Gasteiger partial charge in [0.1, 0.15) is 11.2 Å². The smallest absolute Gasteiger partial charge is 0.249 e. The lowest BCUT2D eigenvalue weighted by molar-refractivity contribution is -0.120. The van der Waals surface area contributed by atoms with Crippen LogP contribution in [0.1, 0.15) is 49.4 Å². The zero-order chi connectivity index (χ0) is 20.0. The molecule has 1 saturated heterocycles. The van der Waals surface area contributed by atoms with Crippen molar-refractivity contribution in [2.75, 3.05) is 30.6 Å². The summed E-state index contributed by atoms with van der Waals surface area (Å²) in [4.78, 5) is 1.53. The topological polar surface area (TPSA) is 76.5 Å². The van der Waals surface area contributed by atoms with Crippen molar-refractivity contribution in [3.05, 3.63) is 16.0 Å². The molecule has 2 N–H and O–H groups in total. The van der Waals surface area contributed by atoms with Crippen LogP contribution in [-0.2, 0) is 22.3 Å². The molecular formula is C19H28N6O2S2. The number of hydrogen-bond acceptors (Lipinski definition) is 9. The Morgan fingerprint density at radius 2 is 2.10 bits per heavy atom. The number of anilines is 1. The summed E-state index contributed by atoms with van der Waals surface area (Å²) in [5, 5.41) is 17.0. The average Bonchev–Trinajstić information content (AvgIpc) is 3.42. The molecule has 29 heavy (non-hydrogen) atoms. The Hall–Kier alpha value is -1.17. The Labute approximate surface area is 179 Å². The molecule has 0 aromatic carbocycles. The molecule has 0 saturated carbocycles. The molecule has 1 aliphatic carbocycles. The number of nitrogens with zero attached hydrogens (tertiary/aromatic N) is 4. The van der Waals surface area contributed by atoms with Gasteiger partial charge in [-0.25, -0.2) is 9.99 Å². The van der Waals surface area contributed by atoms with E-state index in [4.69, 9.17) is 9.47 Å². The summed E-state index contributed by atoms with van der Waals surface area (Å²) >= 11 is 3.56. The highest BCUT2D eigenvalue weighted by molar-refractivity contribution is 7.99. The van der Waals surface area contributed by atoms with Gasteiger partial charge in [0.2, 0.25) is 5.95 Å². The van der Waals surface area contributed by atoms with Crippen LogP contribution >= 0.6 is 23.1 Å². The molecule has 0 bridgehead atoms. The second-order valence-corrected chi connectivity index (χ2v) is 9.72. The van der Waals surface area contributed by atoms with Gasteiger partial charge in [-0.3, -0.25) is 10.3 Å². The molecule has 2 aliphatic heterocycles. The number of fused-ring (bicyclic) bond motifs is 8. The summed E-state index contributed by atoms with van der Waals surface area (Å²) in [6.45, 7) is 8.34. The van der Waals surface area contributed by atoms with E-state index in [1.54, 1.807) is 11.8 Å². The SMILES string of the molecule is CCOC(CSc1nnc2n1-c1sc3c(c1C1NCNN21)C[C@H](C)CC3)OCC. The van der Waals surface area contributed by atoms with Crippen molar-refractivity contribution in [1.82, 2.24) is 25.5 Å². The van der Waals surface area contributed by atoms with Crippen LogP contribution in [0, 0.1) is 5.92 Å². The summed E-state index contributed by atoms with van der Waals surface area (Å²) in [6.07, 6.45) is 3.50. The van der Waals surface area contributed by atoms with Gasteiger partial charge < -0.3 is 9.47 Å². The second-order valence-electron chi connectivity index (χ2n) is 7.65. The van der Waals surface area contributed by atoms with Gasteiger partial charge in [-0.15, -0.1) is 21.5 Å². The molecule has 0 radical (unpaired) electrons. The third-order valence-electron chi connectivity index (χ3n) is 5.69. The molecule has 0 amide bonds. The summed E-state index contributed by atoms with van der Waals surface area (Å²) in [5.41, 5.74) is 6.37. The van der Waals surface area contributed by atoms with Crippen LogP contribution < -0.4 is 15.8 Å². The molecule has 3 aliphatic rings. The first-order chi connectivity index (χ1) is 14.2. The van der Waals surface area contributed by atoms with Crippen LogP contribution in [0.15, 0.2) is 5.16 Å². The first-order valence-electron chi connectivity index (χ1n) is 10.4. The Bertz CT molecular complexity index is 878. The predicted molar refractivity (Wildman–Crippen MR) is 115 cm³/mol. The van der Waals surface area contributed by atoms with Crippen LogP contribution in [-0.4, -0.2) is 46.7 Å². The van der Waals surface area contributed by atoms with Gasteiger partial charge >= 0.3 is 0 Å². The van der Waals surface area contributed by atoms with Gasteiger partial charge in [-0.1, -0.05) is 18.7 Å². The molecule has 2 aromatic heterocycles. The summed E-state index contributed by atoms with van der Waals surface area (Å²) in [5.74, 6) is 2.27. The number of thioether (sulfide) groups is 1. The zero-order valence-corrected chi connectivity index (χ0v) is 18.7. The number of aryl methyl sites for hydroxylation is 1. The molecular weight excluding hydrogens is 408 g/mol. The van der Waals surface area contributed by atoms with E-state index < -0.39 is 0 Å². The maximum Gasteiger partial charge on any atom is 0.249 e. The van der Waals surface area contributed by atoms with E-state index >= 15 is 0 Å². The van der Waals surface area contributed by atoms with Crippen LogP contribution in [0.4, 0.5) is 5.95 Å². The monoisotopic (exact) mass is 436 g/mol. The fourth-order valence-electron chi connectivity index (χ4n) is 4.39. The summed E-state index contributed by atoms with van der Waals surface area (Å²) in [6, 6.07) is 0. The van der Waals surface area contributed by atoms with Gasteiger partial charge in [-0.2, -0.15) is 0 Å². The molecule has 1 fully saturated rings. The number of ether oxygens (including phenoxy) is 2. The van der Waals surface area contributed by atoms with E-state index in [9.17, 15) is 0 Å². The molecule has 8 nitrogen and oxygen atoms in total. The van der Waals surface area contributed by atoms with Gasteiger partial charge in [0, 0.05) is 23.7 Å². The maximum absolute atomic E-state index is 5.71. The highest BCUT2D eigenvalue weighted by atomic mass is 32.2. The lowest BCUT2D eigenvalue weighted by atomic mass is 9.87. The van der Waals surface area contributed by atoms with E-state index in [0.29, 0.717) is 19.0 Å². The molecule has 5 rings (SSSR count). The normalized spacial score (nSPS) is 22.6. The Morgan fingerprint density at radius 1 is 1.28 bits per heavy atom. The summed E-state index contributed by atoms with van der Waals surface area (Å²) < 4.78 is 13.6. The Kier molecular flexibility index (Phi) is 5.57. The standard InChI is InChI=1S/C19H28N6O2S2/c1-4-26-14(27-5-2)9-28-19-23-22-18-24(19)17-15(16-20-10-21-25(16)18)12-8-11(3)6-7-13(12)29-17/h11,14,16,20-21H,4-10H2,1-3H3/t11-,16?/m1/s1. The van der Waals surface area contributed by atoms with E-state index in [1.165, 1.54) is 33.8 Å². The van der Waals surface area contributed by atoms with Crippen molar-refractivity contribution < 1.29 is 9.47 Å². The number of thiophene rings is 1. The highest BCUT2D eigenvalue weighted by Gasteiger charge is 2.42. The van der Waals surface area contributed by atoms with Crippen LogP contribution in [0.2, 0.25) is 0 Å². The van der Waals surface area contributed by atoms with E-state index in [-0.39, 0.29) is 12.5 Å². The molecule has 158 valence electrons. The predicted octanol–water partition coefficient (Wildman–Crippen LogP) is 2.83. The molecule has 10 heteroatoms. The van der Waals surface area contributed by atoms with Crippen molar-refractivity contribution in [3.8, 4) is 5.00 Å². The zero-order valence-electron chi connectivity index (χ0n) is 17.1. The molecule has 1 unspecified atom stereocenters. The number of nitrogens with one attached hydrogen (secondary N) is 2. The van der Waals surface area contributed by atoms with Crippen molar-refractivity contribution in [2.45, 2.75) is 57.6 Å². The van der Waals surface area contributed by atoms with Crippen molar-refractivity contribution >= 4 is 29.0 Å². The third kappa shape index (κ3) is 3.39. The minimum absolute atomic E-state index is 0.129. The first-order valence-corrected chi connectivity index (χ1v) is 12.2. The molecule has 2 aromatic rings. The molecule has 0 spiro atoms. The van der Waals surface area contributed by atoms with Crippen LogP contribution in [0.25, 0.3) is 5.00 Å². The minimum Gasteiger partial charge on any atom is -0.352 e. The third-order valence-corrected chi connectivity index (χ3v) is 7.95. The highest BCUT2D eigenvalue weighted by Crippen LogP contribution is 2.48. The van der Waals surface area contributed by atoms with E-state index in [1.807, 2.05) is 25.2 Å². The second kappa shape index (κ2) is 8.16. The Balaban J connectivity index is 1.51. The lowest BCUT2D eigenvalue weighted by Gasteiger charge is -2.31. The van der Waals surface area contributed by atoms with E-state index in [2.05, 4.69) is 37.4 Å². The van der Waals surface area contributed by atoms with Crippen molar-refractivity contribution in [1.29, 1.82) is 0 Å². The van der Waals surface area contributed by atoms with Crippen molar-refractivity contribution in [2.24, 2.45) is 5.92 Å². The summed E-state index contributed by atoms with van der Waals surface area (Å²) in [7, 11) is 0. The fraction of sp³-hybridized carbons (Fsp3) is 0.684. The lowest BCUT2D eigenvalue weighted by Crippen LogP contribution is -2.39. The molecule has 2 atom stereocenters. The Morgan fingerprint density at radius 3 is 2.90 bits per heavy atom. The quantitative estimate of drug-likeness (QED) is 0.507. The largest absolute Gasteiger partial charge is 0.352 e.